The van der Waals surface area contributed by atoms with Gasteiger partial charge in [-0.1, -0.05) is 57.2 Å². The lowest BCUT2D eigenvalue weighted by Crippen LogP contribution is -2.57. The number of β-amino-alcohol motifs (C(OH)–C–C–N with tert-alkyl or cyclic N) is 1. The lowest BCUT2D eigenvalue weighted by Gasteiger charge is -2.35. The number of benzene rings is 3. The van der Waals surface area contributed by atoms with Crippen molar-refractivity contribution in [2.45, 2.75) is 97.1 Å². The topological polar surface area (TPSA) is 234 Å². The number of aryl methyl sites for hydroxylation is 1. The van der Waals surface area contributed by atoms with Crippen molar-refractivity contribution in [1.29, 1.82) is 0 Å². The summed E-state index contributed by atoms with van der Waals surface area (Å²) in [5.74, 6) is -2.35. The molecule has 0 saturated carbocycles. The summed E-state index contributed by atoms with van der Waals surface area (Å²) in [5, 5.41) is 21.0. The Kier molecular flexibility index (Phi) is 23.4. The van der Waals surface area contributed by atoms with Gasteiger partial charge in [-0.05, 0) is 60.1 Å². The van der Waals surface area contributed by atoms with Gasteiger partial charge in [-0.25, -0.2) is 18.7 Å². The van der Waals surface area contributed by atoms with Crippen LogP contribution in [0, 0.1) is 24.0 Å². The maximum absolute atomic E-state index is 15.4. The third-order valence-electron chi connectivity index (χ3n) is 15.7. The number of thiazole rings is 1. The predicted molar refractivity (Wildman–Crippen MR) is 322 cm³/mol. The maximum atomic E-state index is 15.4. The third kappa shape index (κ3) is 18.0. The number of aliphatic hydroxyl groups excluding tert-OH is 1. The van der Waals surface area contributed by atoms with Gasteiger partial charge in [0.2, 0.25) is 23.6 Å². The van der Waals surface area contributed by atoms with Crippen molar-refractivity contribution < 1.29 is 61.5 Å². The highest BCUT2D eigenvalue weighted by Crippen LogP contribution is 2.33. The van der Waals surface area contributed by atoms with E-state index in [9.17, 15) is 24.3 Å². The fraction of sp³-hybridized carbons (Fsp3) is 0.524. The van der Waals surface area contributed by atoms with Crippen LogP contribution < -0.4 is 10.6 Å². The van der Waals surface area contributed by atoms with Gasteiger partial charge in [0.25, 0.3) is 0 Å². The SMILES string of the molecule is Cc1ncsc1-c1ccc(CNC(=O)[C@@H]2C[C@@H](O)CN2C(=O)[C@@H](NC(=O)CCOCCOCCOCCOCCOCCC(=O)N2CCC(n3cc(-c4cnc5cccc(-c6cc(F)c(CN7CCOCC7)c(F)c6)c5n4)cn3)CC2)C(C)(C)C)cc1. The van der Waals surface area contributed by atoms with Gasteiger partial charge in [-0.15, -0.1) is 11.3 Å². The van der Waals surface area contributed by atoms with Crippen molar-refractivity contribution in [3.05, 3.63) is 107 Å². The Balaban J connectivity index is 0.582. The Morgan fingerprint density at radius 3 is 2.07 bits per heavy atom. The zero-order chi connectivity index (χ0) is 61.3. The van der Waals surface area contributed by atoms with E-state index in [1.165, 1.54) is 17.0 Å². The molecule has 0 unspecified atom stereocenters. The number of fused-ring (bicyclic) bond motifs is 1. The number of hydrogen-bond acceptors (Lipinski definition) is 17. The number of nitrogens with zero attached hydrogens (tertiary/aromatic N) is 8. The number of carbonyl (C=O) groups excluding carboxylic acids is 4. The molecular formula is C63H80F2N10O11S. The second-order valence-electron chi connectivity index (χ2n) is 23.1. The molecule has 3 saturated heterocycles. The standard InChI is InChI=1S/C63H80F2N10O11S/c1-42-59(87-41-68-42)44-10-8-43(9-11-44)35-67-61(79)55-34-48(76)39-74(55)62(80)60(63(2,3)4)71-56(77)14-20-81-24-26-84-28-30-86-31-29-85-27-25-82-21-15-57(78)73-16-12-47(13-17-73)75-38-46(36-69-75)54-37-66-53-7-5-6-49(58(53)70-54)45-32-51(64)50(52(65)33-45)40-72-18-22-83-23-19-72/h5-11,32-33,36-38,41,47-48,55,60,76H,12-31,34-35,39-40H2,1-4H3,(H,67,79)(H,71,77)/t48-,55+,60-/m1/s1. The average Bonchev–Trinajstić information content (AvgIpc) is 2.25. The summed E-state index contributed by atoms with van der Waals surface area (Å²) in [4.78, 5) is 73.7. The van der Waals surface area contributed by atoms with Crippen molar-refractivity contribution >= 4 is 46.0 Å². The molecule has 0 radical (unpaired) electrons. The van der Waals surface area contributed by atoms with Crippen LogP contribution in [0.5, 0.6) is 0 Å². The van der Waals surface area contributed by atoms with Crippen LogP contribution in [0.1, 0.15) is 75.7 Å². The van der Waals surface area contributed by atoms with Gasteiger partial charge in [-0.2, -0.15) is 5.10 Å². The van der Waals surface area contributed by atoms with Crippen LogP contribution in [0.2, 0.25) is 0 Å². The molecule has 3 aromatic heterocycles. The van der Waals surface area contributed by atoms with Gasteiger partial charge < -0.3 is 54.0 Å². The largest absolute Gasteiger partial charge is 0.391 e. The Bertz CT molecular complexity index is 3220. The second kappa shape index (κ2) is 31.4. The van der Waals surface area contributed by atoms with Gasteiger partial charge in [0.1, 0.15) is 23.7 Å². The third-order valence-corrected chi connectivity index (χ3v) is 16.7. The van der Waals surface area contributed by atoms with E-state index < -0.39 is 41.1 Å². The van der Waals surface area contributed by atoms with Crippen LogP contribution in [0.4, 0.5) is 8.78 Å². The first-order valence-corrected chi connectivity index (χ1v) is 30.8. The number of hydrogen-bond donors (Lipinski definition) is 3. The molecule has 21 nitrogen and oxygen atoms in total. The summed E-state index contributed by atoms with van der Waals surface area (Å²) in [5.41, 5.74) is 7.48. The lowest BCUT2D eigenvalue weighted by atomic mass is 9.85. The number of halogens is 2. The monoisotopic (exact) mass is 1220 g/mol. The van der Waals surface area contributed by atoms with Gasteiger partial charge >= 0.3 is 0 Å². The lowest BCUT2D eigenvalue weighted by molar-refractivity contribution is -0.144. The zero-order valence-corrected chi connectivity index (χ0v) is 50.9. The van der Waals surface area contributed by atoms with Crippen molar-refractivity contribution in [3.8, 4) is 32.8 Å². The van der Waals surface area contributed by atoms with E-state index in [0.29, 0.717) is 113 Å². The second-order valence-corrected chi connectivity index (χ2v) is 23.9. The number of rotatable bonds is 29. The molecule has 0 aliphatic carbocycles. The minimum absolute atomic E-state index is 0.0126. The van der Waals surface area contributed by atoms with E-state index in [0.717, 1.165) is 40.1 Å². The molecule has 3 aromatic carbocycles. The molecule has 3 N–H and O–H groups in total. The van der Waals surface area contributed by atoms with E-state index in [-0.39, 0.29) is 88.0 Å². The molecule has 3 aliphatic heterocycles. The molecule has 3 aliphatic rings. The summed E-state index contributed by atoms with van der Waals surface area (Å²) in [6.07, 6.45) is 6.32. The number of morpholine rings is 1. The van der Waals surface area contributed by atoms with Crippen molar-refractivity contribution in [2.24, 2.45) is 5.41 Å². The summed E-state index contributed by atoms with van der Waals surface area (Å²) in [7, 11) is 0. The molecule has 87 heavy (non-hydrogen) atoms. The van der Waals surface area contributed by atoms with Crippen LogP contribution in [0.25, 0.3) is 43.9 Å². The molecule has 4 amide bonds. The zero-order valence-electron chi connectivity index (χ0n) is 50.1. The number of carbonyl (C=O) groups is 4. The Morgan fingerprint density at radius 1 is 0.793 bits per heavy atom. The number of ether oxygens (including phenoxy) is 6. The van der Waals surface area contributed by atoms with Gasteiger partial charge in [-0.3, -0.25) is 33.7 Å². The number of nitrogens with one attached hydrogen (secondary N) is 2. The van der Waals surface area contributed by atoms with Gasteiger partial charge in [0, 0.05) is 81.5 Å². The Morgan fingerprint density at radius 2 is 1.44 bits per heavy atom. The summed E-state index contributed by atoms with van der Waals surface area (Å²) in [6, 6.07) is 14.3. The Labute approximate surface area is 510 Å². The smallest absolute Gasteiger partial charge is 0.246 e. The fourth-order valence-corrected chi connectivity index (χ4v) is 11.6. The highest BCUT2D eigenvalue weighted by Gasteiger charge is 2.44. The summed E-state index contributed by atoms with van der Waals surface area (Å²) >= 11 is 1.57. The van der Waals surface area contributed by atoms with Crippen molar-refractivity contribution in [2.75, 3.05) is 112 Å². The van der Waals surface area contributed by atoms with Crippen LogP contribution >= 0.6 is 11.3 Å². The first-order valence-electron chi connectivity index (χ1n) is 29.9. The fourth-order valence-electron chi connectivity index (χ4n) is 10.8. The molecule has 3 fully saturated rings. The highest BCUT2D eigenvalue weighted by molar-refractivity contribution is 7.13. The molecule has 6 aromatic rings. The van der Waals surface area contributed by atoms with E-state index in [1.54, 1.807) is 35.9 Å². The van der Waals surface area contributed by atoms with E-state index >= 15 is 8.78 Å². The van der Waals surface area contributed by atoms with E-state index in [4.69, 9.17) is 33.4 Å². The van der Waals surface area contributed by atoms with Crippen molar-refractivity contribution in [3.63, 3.8) is 0 Å². The van der Waals surface area contributed by atoms with Gasteiger partial charge in [0.05, 0.1) is 143 Å². The first-order chi connectivity index (χ1) is 42.1. The highest BCUT2D eigenvalue weighted by atomic mass is 32.1. The normalized spacial score (nSPS) is 17.3. The van der Waals surface area contributed by atoms with Crippen LogP contribution in [0.15, 0.2) is 78.7 Å². The number of aliphatic hydroxyl groups is 1. The number of aromatic nitrogens is 5. The molecule has 468 valence electrons. The quantitative estimate of drug-likeness (QED) is 0.0423. The van der Waals surface area contributed by atoms with E-state index in [1.807, 2.05) is 84.2 Å². The molecule has 0 spiro atoms. The minimum Gasteiger partial charge on any atom is -0.391 e. The minimum atomic E-state index is -0.943. The molecule has 6 heterocycles. The van der Waals surface area contributed by atoms with Gasteiger partial charge in [0.15, 0.2) is 0 Å². The van der Waals surface area contributed by atoms with Crippen molar-refractivity contribution in [1.82, 2.24) is 50.1 Å². The molecule has 24 heteroatoms. The number of amides is 4. The number of para-hydroxylation sites is 1. The Hall–Kier alpha value is -6.74. The van der Waals surface area contributed by atoms with E-state index in [2.05, 4.69) is 25.7 Å². The van der Waals surface area contributed by atoms with Crippen LogP contribution in [0.3, 0.4) is 0 Å². The summed E-state index contributed by atoms with van der Waals surface area (Å²) in [6.45, 7) is 14.5. The molecule has 3 atom stereocenters. The number of likely N-dealkylation sites (tertiary alicyclic amines) is 2. The van der Waals surface area contributed by atoms with Crippen LogP contribution in [-0.4, -0.2) is 198 Å². The maximum Gasteiger partial charge on any atom is 0.246 e. The predicted octanol–water partition coefficient (Wildman–Crippen LogP) is 6.54. The number of piperidine rings is 1. The first kappa shape index (κ1) is 64.7. The molecule has 0 bridgehead atoms. The molecule has 9 rings (SSSR count). The van der Waals surface area contributed by atoms with Crippen LogP contribution in [-0.2, 0) is 60.7 Å². The summed E-state index contributed by atoms with van der Waals surface area (Å²) < 4.78 is 66.3. The average molecular weight is 1220 g/mol. The molecular weight excluding hydrogens is 1140 g/mol.